The summed E-state index contributed by atoms with van der Waals surface area (Å²) in [4.78, 5) is 26.8. The van der Waals surface area contributed by atoms with Crippen molar-refractivity contribution >= 4 is 21.9 Å². The van der Waals surface area contributed by atoms with Gasteiger partial charge in [0.25, 0.3) is 0 Å². The number of nitrogens with one attached hydrogen (secondary N) is 1. The smallest absolute Gasteiger partial charge is 0.310 e. The van der Waals surface area contributed by atoms with Crippen molar-refractivity contribution in [1.29, 1.82) is 0 Å². The van der Waals surface area contributed by atoms with Gasteiger partial charge < -0.3 is 4.74 Å². The third kappa shape index (κ3) is 8.59. The second kappa shape index (κ2) is 12.3. The molecule has 0 bridgehead atoms. The fraction of sp³-hybridized carbons (Fsp3) is 0.600. The molecule has 0 unspecified atom stereocenters. The van der Waals surface area contributed by atoms with Crippen LogP contribution in [0.1, 0.15) is 58.4 Å². The number of carbonyl (C=O) groups is 2. The molecule has 1 fully saturated rings. The van der Waals surface area contributed by atoms with Crippen molar-refractivity contribution in [2.75, 3.05) is 12.8 Å². The Morgan fingerprint density at radius 1 is 1.18 bits per heavy atom. The number of amides is 1. The van der Waals surface area contributed by atoms with Crippen molar-refractivity contribution in [3.8, 4) is 0 Å². The number of carbonyl (C=O) groups excluding carboxylic acids is 2. The molecule has 1 amide bonds. The van der Waals surface area contributed by atoms with Gasteiger partial charge in [-0.3, -0.25) is 15.0 Å². The highest BCUT2D eigenvalue weighted by Crippen LogP contribution is 2.38. The topological polar surface area (TPSA) is 92.8 Å². The lowest BCUT2D eigenvalue weighted by atomic mass is 9.77. The van der Waals surface area contributed by atoms with Crippen LogP contribution in [0.2, 0.25) is 0 Å². The number of ether oxygens (including phenoxy) is 1. The van der Waals surface area contributed by atoms with Crippen molar-refractivity contribution in [1.82, 2.24) is 9.84 Å². The van der Waals surface area contributed by atoms with Gasteiger partial charge in [0.1, 0.15) is 6.61 Å². The fourth-order valence-electron chi connectivity index (χ4n) is 4.39. The lowest BCUT2D eigenvalue weighted by molar-refractivity contribution is -0.157. The molecule has 2 atom stereocenters. The maximum absolute atomic E-state index is 13.4. The lowest BCUT2D eigenvalue weighted by Crippen LogP contribution is -2.51. The Labute approximate surface area is 198 Å². The van der Waals surface area contributed by atoms with Gasteiger partial charge in [0, 0.05) is 6.54 Å². The first-order valence-electron chi connectivity index (χ1n) is 11.6. The summed E-state index contributed by atoms with van der Waals surface area (Å²) < 4.78 is 31.2. The number of rotatable bonds is 12. The number of hydrazine groups is 1. The third-order valence-corrected chi connectivity index (χ3v) is 6.95. The highest BCUT2D eigenvalue weighted by molar-refractivity contribution is 7.88. The zero-order valence-electron chi connectivity index (χ0n) is 20.2. The SMILES string of the molecule is C=C(C)C[C@@H](C(=O)NN(CC(C)C)S(C)(=O)=O)[C@@H](C(=O)OCc1ccccc1)C1CCCC1. The van der Waals surface area contributed by atoms with E-state index < -0.39 is 33.7 Å². The van der Waals surface area contributed by atoms with Gasteiger partial charge in [-0.15, -0.1) is 11.0 Å². The van der Waals surface area contributed by atoms with E-state index in [0.29, 0.717) is 0 Å². The van der Waals surface area contributed by atoms with Gasteiger partial charge in [-0.2, -0.15) is 0 Å². The van der Waals surface area contributed by atoms with Crippen molar-refractivity contribution in [3.63, 3.8) is 0 Å². The molecule has 1 aliphatic rings. The summed E-state index contributed by atoms with van der Waals surface area (Å²) in [5.41, 5.74) is 4.21. The first kappa shape index (κ1) is 27.1. The summed E-state index contributed by atoms with van der Waals surface area (Å²) in [6.45, 7) is 9.79. The van der Waals surface area contributed by atoms with Crippen molar-refractivity contribution < 1.29 is 22.7 Å². The number of hydrogen-bond acceptors (Lipinski definition) is 5. The molecule has 1 saturated carbocycles. The lowest BCUT2D eigenvalue weighted by Gasteiger charge is -2.31. The summed E-state index contributed by atoms with van der Waals surface area (Å²) in [5, 5.41) is 0. The Morgan fingerprint density at radius 2 is 1.79 bits per heavy atom. The van der Waals surface area contributed by atoms with E-state index in [1.54, 1.807) is 0 Å². The van der Waals surface area contributed by atoms with Gasteiger partial charge in [-0.05, 0) is 43.6 Å². The number of esters is 1. The average Bonchev–Trinajstić information content (AvgIpc) is 3.25. The van der Waals surface area contributed by atoms with Crippen LogP contribution in [0, 0.1) is 23.7 Å². The summed E-state index contributed by atoms with van der Waals surface area (Å²) in [6.07, 6.45) is 5.02. The van der Waals surface area contributed by atoms with Crippen LogP contribution in [0.15, 0.2) is 42.5 Å². The molecule has 0 saturated heterocycles. The molecule has 0 heterocycles. The van der Waals surface area contributed by atoms with Gasteiger partial charge in [0.15, 0.2) is 0 Å². The van der Waals surface area contributed by atoms with Crippen LogP contribution in [0.25, 0.3) is 0 Å². The number of nitrogens with zero attached hydrogens (tertiary/aromatic N) is 1. The Hall–Kier alpha value is -2.19. The zero-order valence-corrected chi connectivity index (χ0v) is 21.1. The molecule has 184 valence electrons. The van der Waals surface area contributed by atoms with Gasteiger partial charge >= 0.3 is 5.97 Å². The van der Waals surface area contributed by atoms with Crippen LogP contribution >= 0.6 is 0 Å². The van der Waals surface area contributed by atoms with Crippen LogP contribution in [0.5, 0.6) is 0 Å². The van der Waals surface area contributed by atoms with E-state index in [4.69, 9.17) is 4.74 Å². The molecular formula is C25H38N2O5S. The normalized spacial score (nSPS) is 16.5. The summed E-state index contributed by atoms with van der Waals surface area (Å²) in [6, 6.07) is 9.41. The number of hydrogen-bond donors (Lipinski definition) is 1. The van der Waals surface area contributed by atoms with E-state index in [-0.39, 0.29) is 31.4 Å². The molecule has 0 radical (unpaired) electrons. The highest BCUT2D eigenvalue weighted by Gasteiger charge is 2.42. The van der Waals surface area contributed by atoms with Crippen molar-refractivity contribution in [2.24, 2.45) is 23.7 Å². The monoisotopic (exact) mass is 478 g/mol. The Morgan fingerprint density at radius 3 is 2.30 bits per heavy atom. The van der Waals surface area contributed by atoms with E-state index in [1.807, 2.05) is 51.1 Å². The van der Waals surface area contributed by atoms with E-state index in [9.17, 15) is 18.0 Å². The molecule has 2 rings (SSSR count). The van der Waals surface area contributed by atoms with Crippen LogP contribution in [0.3, 0.4) is 0 Å². The van der Waals surface area contributed by atoms with Crippen LogP contribution in [0.4, 0.5) is 0 Å². The molecular weight excluding hydrogens is 440 g/mol. The zero-order chi connectivity index (χ0) is 24.6. The van der Waals surface area contributed by atoms with Crippen LogP contribution in [-0.2, 0) is 31.0 Å². The van der Waals surface area contributed by atoms with E-state index in [2.05, 4.69) is 12.0 Å². The summed E-state index contributed by atoms with van der Waals surface area (Å²) >= 11 is 0. The fourth-order valence-corrected chi connectivity index (χ4v) is 5.21. The second-order valence-corrected chi connectivity index (χ2v) is 11.5. The number of allylic oxidation sites excluding steroid dienone is 1. The van der Waals surface area contributed by atoms with E-state index in [1.165, 1.54) is 0 Å². The third-order valence-electron chi connectivity index (χ3n) is 5.91. The first-order chi connectivity index (χ1) is 15.5. The number of sulfonamides is 1. The minimum absolute atomic E-state index is 0.0140. The Balaban J connectivity index is 2.29. The van der Waals surface area contributed by atoms with Crippen molar-refractivity contribution in [3.05, 3.63) is 48.0 Å². The summed E-state index contributed by atoms with van der Waals surface area (Å²) in [7, 11) is -3.67. The molecule has 0 spiro atoms. The minimum Gasteiger partial charge on any atom is -0.461 e. The Bertz CT molecular complexity index is 908. The first-order valence-corrected chi connectivity index (χ1v) is 13.5. The molecule has 1 N–H and O–H groups in total. The van der Waals surface area contributed by atoms with E-state index >= 15 is 0 Å². The highest BCUT2D eigenvalue weighted by atomic mass is 32.2. The number of benzene rings is 1. The molecule has 1 aliphatic carbocycles. The maximum Gasteiger partial charge on any atom is 0.310 e. The predicted octanol–water partition coefficient (Wildman–Crippen LogP) is 4.07. The largest absolute Gasteiger partial charge is 0.461 e. The van der Waals surface area contributed by atoms with Gasteiger partial charge in [0.2, 0.25) is 15.9 Å². The van der Waals surface area contributed by atoms with E-state index in [0.717, 1.165) is 47.5 Å². The summed E-state index contributed by atoms with van der Waals surface area (Å²) in [5.74, 6) is -2.29. The molecule has 0 aliphatic heterocycles. The van der Waals surface area contributed by atoms with Gasteiger partial charge in [0.05, 0.1) is 18.1 Å². The molecule has 1 aromatic rings. The minimum atomic E-state index is -3.67. The van der Waals surface area contributed by atoms with Gasteiger partial charge in [-0.25, -0.2) is 8.42 Å². The molecule has 7 nitrogen and oxygen atoms in total. The molecule has 0 aromatic heterocycles. The molecule has 33 heavy (non-hydrogen) atoms. The Kier molecular flexibility index (Phi) is 10.1. The van der Waals surface area contributed by atoms with Gasteiger partial charge in [-0.1, -0.05) is 62.6 Å². The maximum atomic E-state index is 13.4. The standard InChI is InChI=1S/C25H38N2O5S/c1-18(2)15-22(24(28)26-27(16-19(3)4)33(5,30)31)23(21-13-9-10-14-21)25(29)32-17-20-11-7-6-8-12-20/h6-8,11-12,19,21-23H,1,9-10,13-17H2,2-5H3,(H,26,28)/t22-,23+/m1/s1. The quantitative estimate of drug-likeness (QED) is 0.278. The molecule has 8 heteroatoms. The predicted molar refractivity (Wildman–Crippen MR) is 129 cm³/mol. The second-order valence-electron chi connectivity index (χ2n) is 9.60. The average molecular weight is 479 g/mol. The molecule has 1 aromatic carbocycles. The van der Waals surface area contributed by atoms with Crippen LogP contribution < -0.4 is 5.43 Å². The van der Waals surface area contributed by atoms with Crippen molar-refractivity contribution in [2.45, 2.75) is 59.5 Å². The van der Waals surface area contributed by atoms with Crippen LogP contribution in [-0.4, -0.2) is 37.5 Å².